The monoisotopic (exact) mass is 491 g/mol. The minimum Gasteiger partial charge on any atom is -0.492 e. The molecule has 178 valence electrons. The van der Waals surface area contributed by atoms with Crippen molar-refractivity contribution in [2.24, 2.45) is 0 Å². The van der Waals surface area contributed by atoms with Crippen molar-refractivity contribution in [3.05, 3.63) is 89.0 Å². The van der Waals surface area contributed by atoms with E-state index in [-0.39, 0.29) is 32.1 Å². The Hall–Kier alpha value is -3.81. The number of carbonyl (C=O) groups excluding carboxylic acids is 2. The third kappa shape index (κ3) is 4.60. The fraction of sp³-hybridized carbons (Fsp3) is 0.185. The van der Waals surface area contributed by atoms with Crippen LogP contribution in [0.3, 0.4) is 0 Å². The number of aliphatic hydroxyl groups is 1. The molecular weight excluding hydrogens is 470 g/mol. The average Bonchev–Trinajstić information content (AvgIpc) is 3.41. The van der Waals surface area contributed by atoms with Crippen LogP contribution in [0.15, 0.2) is 72.8 Å². The standard InChI is InChI=1S/C27H22ClNO6/c28-19-7-10-21(11-8-19)33-14-13-29-23-4-2-1-3-22(23)27(32,26(29)31)16-20(30)9-5-18-6-12-24-25(15-18)35-17-34-24/h1-12,15,32H,13-14,16-17H2/b9-5+. The number of amides is 1. The van der Waals surface area contributed by atoms with Gasteiger partial charge in [0.2, 0.25) is 6.79 Å². The Morgan fingerprint density at radius 3 is 2.69 bits per heavy atom. The average molecular weight is 492 g/mol. The molecule has 0 radical (unpaired) electrons. The number of halogens is 1. The van der Waals surface area contributed by atoms with Crippen LogP contribution in [0.2, 0.25) is 5.02 Å². The predicted molar refractivity (Wildman–Crippen MR) is 131 cm³/mol. The Balaban J connectivity index is 1.28. The van der Waals surface area contributed by atoms with Crippen LogP contribution in [0.1, 0.15) is 17.5 Å². The molecule has 7 nitrogen and oxygen atoms in total. The number of hydrogen-bond acceptors (Lipinski definition) is 6. The number of hydrogen-bond donors (Lipinski definition) is 1. The molecule has 0 aliphatic carbocycles. The van der Waals surface area contributed by atoms with Crippen LogP contribution in [-0.2, 0) is 15.2 Å². The zero-order chi connectivity index (χ0) is 24.4. The van der Waals surface area contributed by atoms with Crippen molar-refractivity contribution < 1.29 is 28.9 Å². The van der Waals surface area contributed by atoms with E-state index >= 15 is 0 Å². The molecule has 1 unspecified atom stereocenters. The van der Waals surface area contributed by atoms with E-state index in [4.69, 9.17) is 25.8 Å². The van der Waals surface area contributed by atoms with Gasteiger partial charge in [0.05, 0.1) is 18.7 Å². The zero-order valence-corrected chi connectivity index (χ0v) is 19.4. The highest BCUT2D eigenvalue weighted by molar-refractivity contribution is 6.30. The third-order valence-corrected chi connectivity index (χ3v) is 6.18. The molecule has 3 aromatic rings. The van der Waals surface area contributed by atoms with Crippen LogP contribution in [-0.4, -0.2) is 36.7 Å². The highest BCUT2D eigenvalue weighted by atomic mass is 35.5. The number of carbonyl (C=O) groups is 2. The second-order valence-electron chi connectivity index (χ2n) is 8.23. The quantitative estimate of drug-likeness (QED) is 0.471. The lowest BCUT2D eigenvalue weighted by Crippen LogP contribution is -2.43. The summed E-state index contributed by atoms with van der Waals surface area (Å²) >= 11 is 5.90. The van der Waals surface area contributed by atoms with Crippen LogP contribution in [0.4, 0.5) is 5.69 Å². The van der Waals surface area contributed by atoms with Gasteiger partial charge in [-0.25, -0.2) is 0 Å². The summed E-state index contributed by atoms with van der Waals surface area (Å²) < 4.78 is 16.4. The highest BCUT2D eigenvalue weighted by Gasteiger charge is 2.50. The highest BCUT2D eigenvalue weighted by Crippen LogP contribution is 2.42. The first kappa shape index (κ1) is 23.0. The maximum atomic E-state index is 13.3. The number of fused-ring (bicyclic) bond motifs is 2. The van der Waals surface area contributed by atoms with Crippen molar-refractivity contribution >= 4 is 35.1 Å². The van der Waals surface area contributed by atoms with Crippen LogP contribution in [0, 0.1) is 0 Å². The fourth-order valence-corrected chi connectivity index (χ4v) is 4.33. The van der Waals surface area contributed by atoms with E-state index in [0.29, 0.717) is 33.5 Å². The number of anilines is 1. The van der Waals surface area contributed by atoms with Crippen molar-refractivity contribution in [1.82, 2.24) is 0 Å². The van der Waals surface area contributed by atoms with E-state index in [9.17, 15) is 14.7 Å². The summed E-state index contributed by atoms with van der Waals surface area (Å²) in [5.74, 6) is 0.940. The molecule has 0 fully saturated rings. The van der Waals surface area contributed by atoms with E-state index in [1.165, 1.54) is 11.0 Å². The SMILES string of the molecule is O=C(/C=C/c1ccc2c(c1)OCO2)CC1(O)C(=O)N(CCOc2ccc(Cl)cc2)c2ccccc21. The van der Waals surface area contributed by atoms with Gasteiger partial charge in [-0.3, -0.25) is 9.59 Å². The molecule has 0 bridgehead atoms. The lowest BCUT2D eigenvalue weighted by Gasteiger charge is -2.22. The molecule has 1 amide bonds. The van der Waals surface area contributed by atoms with Gasteiger partial charge in [-0.15, -0.1) is 0 Å². The summed E-state index contributed by atoms with van der Waals surface area (Å²) in [6.45, 7) is 0.578. The smallest absolute Gasteiger partial charge is 0.264 e. The first-order valence-corrected chi connectivity index (χ1v) is 11.4. The Bertz CT molecular complexity index is 1310. The molecule has 3 aromatic carbocycles. The zero-order valence-electron chi connectivity index (χ0n) is 18.6. The van der Waals surface area contributed by atoms with Crippen molar-refractivity contribution in [1.29, 1.82) is 0 Å². The summed E-state index contributed by atoms with van der Waals surface area (Å²) in [5, 5.41) is 12.0. The van der Waals surface area contributed by atoms with Crippen molar-refractivity contribution in [3.63, 3.8) is 0 Å². The predicted octanol–water partition coefficient (Wildman–Crippen LogP) is 4.35. The summed E-state index contributed by atoms with van der Waals surface area (Å²) in [7, 11) is 0. The Labute approximate surface area is 207 Å². The number of nitrogens with zero attached hydrogens (tertiary/aromatic N) is 1. The van der Waals surface area contributed by atoms with Gasteiger partial charge in [0.1, 0.15) is 12.4 Å². The number of rotatable bonds is 8. The summed E-state index contributed by atoms with van der Waals surface area (Å²) in [6, 6.07) is 19.2. The Morgan fingerprint density at radius 2 is 1.86 bits per heavy atom. The van der Waals surface area contributed by atoms with Gasteiger partial charge >= 0.3 is 0 Å². The second kappa shape index (κ2) is 9.44. The van der Waals surface area contributed by atoms with Crippen molar-refractivity contribution in [3.8, 4) is 17.2 Å². The maximum Gasteiger partial charge on any atom is 0.264 e. The lowest BCUT2D eigenvalue weighted by atomic mass is 9.89. The van der Waals surface area contributed by atoms with Crippen molar-refractivity contribution in [2.45, 2.75) is 12.0 Å². The minimum atomic E-state index is -1.95. The van der Waals surface area contributed by atoms with E-state index in [1.54, 1.807) is 72.8 Å². The summed E-state index contributed by atoms with van der Waals surface area (Å²) in [5.41, 5.74) is -0.241. The fourth-order valence-electron chi connectivity index (χ4n) is 4.20. The third-order valence-electron chi connectivity index (χ3n) is 5.92. The van der Waals surface area contributed by atoms with Crippen LogP contribution in [0.25, 0.3) is 6.08 Å². The topological polar surface area (TPSA) is 85.3 Å². The van der Waals surface area contributed by atoms with Gasteiger partial charge in [0, 0.05) is 10.6 Å². The molecule has 2 heterocycles. The van der Waals surface area contributed by atoms with Gasteiger partial charge in [0.15, 0.2) is 22.9 Å². The second-order valence-corrected chi connectivity index (χ2v) is 8.66. The first-order chi connectivity index (χ1) is 16.9. The largest absolute Gasteiger partial charge is 0.492 e. The van der Waals surface area contributed by atoms with Gasteiger partial charge in [0.25, 0.3) is 5.91 Å². The summed E-state index contributed by atoms with van der Waals surface area (Å²) in [6.07, 6.45) is 2.60. The normalized spacial score (nSPS) is 18.2. The molecule has 1 N–H and O–H groups in total. The van der Waals surface area contributed by atoms with Gasteiger partial charge < -0.3 is 24.2 Å². The van der Waals surface area contributed by atoms with Gasteiger partial charge in [-0.2, -0.15) is 0 Å². The van der Waals surface area contributed by atoms with E-state index < -0.39 is 11.5 Å². The summed E-state index contributed by atoms with van der Waals surface area (Å²) in [4.78, 5) is 27.6. The number of ether oxygens (including phenoxy) is 3. The molecule has 8 heteroatoms. The van der Waals surface area contributed by atoms with E-state index in [0.717, 1.165) is 5.56 Å². The molecule has 2 aliphatic rings. The number of ketones is 1. The Morgan fingerprint density at radius 1 is 1.09 bits per heavy atom. The number of benzene rings is 3. The molecule has 5 rings (SSSR count). The Kier molecular flexibility index (Phi) is 6.19. The molecule has 0 saturated carbocycles. The molecule has 0 spiro atoms. The molecular formula is C27H22ClNO6. The van der Waals surface area contributed by atoms with Crippen LogP contribution in [0.5, 0.6) is 17.2 Å². The first-order valence-electron chi connectivity index (χ1n) is 11.1. The van der Waals surface area contributed by atoms with Crippen LogP contribution < -0.4 is 19.1 Å². The minimum absolute atomic E-state index is 0.164. The van der Waals surface area contributed by atoms with Crippen LogP contribution >= 0.6 is 11.6 Å². The maximum absolute atomic E-state index is 13.3. The molecule has 0 saturated heterocycles. The number of para-hydroxylation sites is 1. The molecule has 0 aromatic heterocycles. The van der Waals surface area contributed by atoms with E-state index in [1.807, 2.05) is 0 Å². The number of allylic oxidation sites excluding steroid dienone is 1. The van der Waals surface area contributed by atoms with Crippen molar-refractivity contribution in [2.75, 3.05) is 24.8 Å². The molecule has 2 aliphatic heterocycles. The molecule has 35 heavy (non-hydrogen) atoms. The van der Waals surface area contributed by atoms with Gasteiger partial charge in [-0.1, -0.05) is 41.9 Å². The molecule has 1 atom stereocenters. The van der Waals surface area contributed by atoms with Gasteiger partial charge in [-0.05, 0) is 54.1 Å². The van der Waals surface area contributed by atoms with E-state index in [2.05, 4.69) is 0 Å². The lowest BCUT2D eigenvalue weighted by molar-refractivity contribution is -0.140.